The first kappa shape index (κ1) is 70.8. The topological polar surface area (TPSA) is 349 Å². The van der Waals surface area contributed by atoms with Crippen LogP contribution in [0.15, 0.2) is 0 Å². The summed E-state index contributed by atoms with van der Waals surface area (Å²) in [5, 5.41) is 44.4. The Morgan fingerprint density at radius 3 is 1.83 bits per heavy atom. The van der Waals surface area contributed by atoms with Crippen molar-refractivity contribution in [2.24, 2.45) is 23.5 Å². The van der Waals surface area contributed by atoms with Gasteiger partial charge in [0.15, 0.2) is 0 Å². The number of aliphatic hydroxyl groups excluding tert-OH is 2. The molecule has 1 rings (SSSR count). The summed E-state index contributed by atoms with van der Waals surface area (Å²) in [6.07, 6.45) is 4.87. The minimum absolute atomic E-state index is 0.00453. The third-order valence-corrected chi connectivity index (χ3v) is 14.2. The summed E-state index contributed by atoms with van der Waals surface area (Å²) >= 11 is 0. The summed E-state index contributed by atoms with van der Waals surface area (Å²) in [5.41, 5.74) is 1.64. The minimum atomic E-state index is -1.68. The first-order chi connectivity index (χ1) is 36.2. The fourth-order valence-electron chi connectivity index (χ4n) is 8.83. The molecule has 1 saturated heterocycles. The number of aliphatic hydroxyl groups is 2. The zero-order valence-electron chi connectivity index (χ0n) is 49.7. The maximum atomic E-state index is 14.1. The molecule has 0 aromatic carbocycles. The number of Topliss-reactive ketones (excluding diaryl/α,β-unsaturated/α-hetero) is 1. The summed E-state index contributed by atoms with van der Waals surface area (Å²) < 4.78 is 0. The summed E-state index contributed by atoms with van der Waals surface area (Å²) in [4.78, 5) is 138. The van der Waals surface area contributed by atoms with Crippen LogP contribution in [0.1, 0.15) is 181 Å². The standard InChI is InChI=1S/C55H101N11O12/c1-16-19-20-21-23-39(56)49(75)66-26-22-24-41(66)46(72)60-40(29-33(6)28-38(69)30-37(68)18-3)45(71)59-36(9)44(70)63-53(10,11)51(77)62-42(32(4)5)47(73)61-43(34(7)17-2)48(74)64-55(14,15)52(78)65-54(12,13)50(76)58-35(8)31-57-25-27-67/h32-36,38-43,57,67,69H,16-31,56H2,1-15H3,(H,58,76)(H,59,71)(H,60,72)(H,61,73)(H,62,77)(H,63,70)(H,64,74)(H,65,78)/t33?,34-,35?,36-,38?,39-,40-,41-,42-,43-/m0/s1. The van der Waals surface area contributed by atoms with Gasteiger partial charge in [0, 0.05) is 38.5 Å². The number of nitrogens with two attached hydrogens (primary N) is 1. The van der Waals surface area contributed by atoms with Gasteiger partial charge >= 0.3 is 0 Å². The van der Waals surface area contributed by atoms with Gasteiger partial charge in [0.05, 0.1) is 18.8 Å². The predicted molar refractivity (Wildman–Crippen MR) is 298 cm³/mol. The largest absolute Gasteiger partial charge is 0.395 e. The fraction of sp³-hybridized carbons (Fsp3) is 0.818. The molecule has 1 aliphatic rings. The first-order valence-electron chi connectivity index (χ1n) is 28.3. The summed E-state index contributed by atoms with van der Waals surface area (Å²) in [5.74, 6) is -7.31. The van der Waals surface area contributed by atoms with E-state index in [0.29, 0.717) is 45.3 Å². The van der Waals surface area contributed by atoms with Gasteiger partial charge in [0.25, 0.3) is 0 Å². The number of nitrogens with one attached hydrogen (secondary N) is 9. The zero-order valence-corrected chi connectivity index (χ0v) is 49.7. The molecule has 23 heteroatoms. The number of amides is 9. The predicted octanol–water partition coefficient (Wildman–Crippen LogP) is 0.854. The van der Waals surface area contributed by atoms with E-state index in [-0.39, 0.29) is 50.0 Å². The van der Waals surface area contributed by atoms with E-state index < -0.39 is 124 Å². The average Bonchev–Trinajstić information content (AvgIpc) is 3.85. The van der Waals surface area contributed by atoms with Crippen LogP contribution in [-0.4, -0.2) is 165 Å². The molecule has 23 nitrogen and oxygen atoms in total. The van der Waals surface area contributed by atoms with E-state index >= 15 is 0 Å². The smallest absolute Gasteiger partial charge is 0.246 e. The highest BCUT2D eigenvalue weighted by atomic mass is 16.3. The second kappa shape index (κ2) is 33.4. The van der Waals surface area contributed by atoms with E-state index in [0.717, 1.165) is 25.7 Å². The molecule has 3 unspecified atom stereocenters. The molecule has 0 radical (unpaired) electrons. The number of likely N-dealkylation sites (tertiary alicyclic amines) is 1. The van der Waals surface area contributed by atoms with E-state index in [1.165, 1.54) is 53.4 Å². The monoisotopic (exact) mass is 1110 g/mol. The van der Waals surface area contributed by atoms with Crippen LogP contribution in [-0.2, 0) is 47.9 Å². The van der Waals surface area contributed by atoms with Crippen molar-refractivity contribution in [1.29, 1.82) is 0 Å². The molecule has 448 valence electrons. The number of hydrogen-bond acceptors (Lipinski definition) is 14. The molecule has 0 aliphatic carbocycles. The third-order valence-electron chi connectivity index (χ3n) is 14.2. The van der Waals surface area contributed by atoms with E-state index in [1.807, 2.05) is 6.92 Å². The fourth-order valence-corrected chi connectivity index (χ4v) is 8.83. The lowest BCUT2D eigenvalue weighted by Crippen LogP contribution is -2.66. The van der Waals surface area contributed by atoms with Gasteiger partial charge < -0.3 is 68.7 Å². The van der Waals surface area contributed by atoms with E-state index in [1.54, 1.807) is 41.5 Å². The second-order valence-electron chi connectivity index (χ2n) is 23.4. The van der Waals surface area contributed by atoms with Crippen LogP contribution < -0.4 is 53.6 Å². The molecule has 10 atom stereocenters. The number of hydrogen-bond donors (Lipinski definition) is 12. The Morgan fingerprint density at radius 2 is 1.26 bits per heavy atom. The first-order valence-corrected chi connectivity index (χ1v) is 28.3. The minimum Gasteiger partial charge on any atom is -0.395 e. The molecule has 9 amide bonds. The quantitative estimate of drug-likeness (QED) is 0.0388. The Bertz CT molecular complexity index is 2020. The van der Waals surface area contributed by atoms with Crippen LogP contribution in [0.5, 0.6) is 0 Å². The van der Waals surface area contributed by atoms with Crippen LogP contribution >= 0.6 is 0 Å². The Morgan fingerprint density at radius 1 is 0.667 bits per heavy atom. The lowest BCUT2D eigenvalue weighted by Gasteiger charge is -2.35. The Hall–Kier alpha value is -5.26. The molecule has 1 heterocycles. The number of ketones is 1. The van der Waals surface area contributed by atoms with Gasteiger partial charge in [-0.05, 0) is 105 Å². The molecule has 78 heavy (non-hydrogen) atoms. The summed E-state index contributed by atoms with van der Waals surface area (Å²) in [7, 11) is 0. The number of nitrogens with zero attached hydrogens (tertiary/aromatic N) is 1. The van der Waals surface area contributed by atoms with Crippen molar-refractivity contribution in [1.82, 2.24) is 52.8 Å². The Labute approximate surface area is 464 Å². The zero-order chi connectivity index (χ0) is 59.9. The molecular weight excluding hydrogens is 1010 g/mol. The van der Waals surface area contributed by atoms with Gasteiger partial charge in [-0.25, -0.2) is 0 Å². The molecule has 1 fully saturated rings. The van der Waals surface area contributed by atoms with Crippen LogP contribution in [0.2, 0.25) is 0 Å². The second-order valence-corrected chi connectivity index (χ2v) is 23.4. The molecule has 0 saturated carbocycles. The van der Waals surface area contributed by atoms with Gasteiger partial charge in [0.1, 0.15) is 52.6 Å². The number of rotatable bonds is 36. The molecule has 0 bridgehead atoms. The molecule has 0 aromatic rings. The SMILES string of the molecule is CCCCCC[C@H](N)C(=O)N1CCC[C@H]1C(=O)N[C@@H](CC(C)CC(O)CC(=O)CC)C(=O)N[C@@H](C)C(=O)NC(C)(C)C(=O)N[C@H](C(=O)N[C@H](C(=O)NC(C)(C)C(=O)NC(C)(C)C(=O)NC(C)CNCCO)[C@@H](C)CC)C(C)C. The van der Waals surface area contributed by atoms with Crippen molar-refractivity contribution in [3.8, 4) is 0 Å². The molecule has 1 aliphatic heterocycles. The number of carbonyl (C=O) groups is 10. The number of unbranched alkanes of at least 4 members (excludes halogenated alkanes) is 3. The van der Waals surface area contributed by atoms with Crippen molar-refractivity contribution in [3.05, 3.63) is 0 Å². The highest BCUT2D eigenvalue weighted by Crippen LogP contribution is 2.22. The third kappa shape index (κ3) is 23.6. The lowest BCUT2D eigenvalue weighted by molar-refractivity contribution is -0.141. The van der Waals surface area contributed by atoms with Crippen molar-refractivity contribution >= 4 is 58.9 Å². The maximum Gasteiger partial charge on any atom is 0.246 e. The van der Waals surface area contributed by atoms with Gasteiger partial charge in [-0.3, -0.25) is 47.9 Å². The summed E-state index contributed by atoms with van der Waals surface area (Å²) in [6, 6.07) is -6.92. The van der Waals surface area contributed by atoms with Crippen molar-refractivity contribution in [3.63, 3.8) is 0 Å². The summed E-state index contributed by atoms with van der Waals surface area (Å²) in [6.45, 7) is 25.3. The molecule has 0 aromatic heterocycles. The maximum absolute atomic E-state index is 14.1. The highest BCUT2D eigenvalue weighted by molar-refractivity contribution is 6.00. The van der Waals surface area contributed by atoms with Crippen molar-refractivity contribution in [2.75, 3.05) is 26.2 Å². The van der Waals surface area contributed by atoms with Crippen LogP contribution in [0.3, 0.4) is 0 Å². The van der Waals surface area contributed by atoms with Gasteiger partial charge in [-0.15, -0.1) is 0 Å². The van der Waals surface area contributed by atoms with Crippen molar-refractivity contribution in [2.45, 2.75) is 246 Å². The van der Waals surface area contributed by atoms with Gasteiger partial charge in [-0.1, -0.05) is 80.6 Å². The van der Waals surface area contributed by atoms with E-state index in [4.69, 9.17) is 10.8 Å². The van der Waals surface area contributed by atoms with Gasteiger partial charge in [0.2, 0.25) is 53.2 Å². The molecule has 0 spiro atoms. The van der Waals surface area contributed by atoms with Crippen LogP contribution in [0.4, 0.5) is 0 Å². The Balaban J connectivity index is 3.22. The van der Waals surface area contributed by atoms with E-state index in [2.05, 4.69) is 54.8 Å². The Kier molecular flexibility index (Phi) is 30.3. The van der Waals surface area contributed by atoms with Crippen LogP contribution in [0, 0.1) is 17.8 Å². The van der Waals surface area contributed by atoms with Crippen LogP contribution in [0.25, 0.3) is 0 Å². The molecular formula is C55H101N11O12. The molecule has 13 N–H and O–H groups in total. The lowest BCUT2D eigenvalue weighted by atomic mass is 9.92. The van der Waals surface area contributed by atoms with E-state index in [9.17, 15) is 53.1 Å². The van der Waals surface area contributed by atoms with Crippen molar-refractivity contribution < 1.29 is 58.2 Å². The van der Waals surface area contributed by atoms with Gasteiger partial charge in [-0.2, -0.15) is 0 Å². The number of carbonyl (C=O) groups excluding carboxylic acids is 10. The highest BCUT2D eigenvalue weighted by Gasteiger charge is 2.42. The normalized spacial score (nSPS) is 17.4. The average molecular weight is 1110 g/mol.